The van der Waals surface area contributed by atoms with Crippen molar-refractivity contribution in [2.75, 3.05) is 31.3 Å². The molecular formula is C16H20FN3O2S. The van der Waals surface area contributed by atoms with Crippen LogP contribution in [0.3, 0.4) is 0 Å². The predicted octanol–water partition coefficient (Wildman–Crippen LogP) is 1.22. The van der Waals surface area contributed by atoms with Crippen LogP contribution in [0.15, 0.2) is 24.3 Å². The van der Waals surface area contributed by atoms with E-state index in [0.29, 0.717) is 31.3 Å². The highest BCUT2D eigenvalue weighted by Gasteiger charge is 2.39. The van der Waals surface area contributed by atoms with Gasteiger partial charge in [-0.15, -0.1) is 11.8 Å². The number of carbonyl (C=O) groups is 2. The summed E-state index contributed by atoms with van der Waals surface area (Å²) in [4.78, 5) is 28.1. The molecule has 1 aromatic rings. The van der Waals surface area contributed by atoms with E-state index in [1.165, 1.54) is 19.1 Å². The van der Waals surface area contributed by atoms with Crippen LogP contribution < -0.4 is 5.32 Å². The number of piperazine rings is 1. The fourth-order valence-corrected chi connectivity index (χ4v) is 4.34. The first-order valence-electron chi connectivity index (χ1n) is 7.69. The van der Waals surface area contributed by atoms with Crippen LogP contribution in [0.1, 0.15) is 18.5 Å². The van der Waals surface area contributed by atoms with Crippen LogP contribution in [0, 0.1) is 5.82 Å². The van der Waals surface area contributed by atoms with E-state index < -0.39 is 6.04 Å². The lowest BCUT2D eigenvalue weighted by molar-refractivity contribution is -0.144. The molecule has 0 aromatic heterocycles. The molecular weight excluding hydrogens is 317 g/mol. The van der Waals surface area contributed by atoms with Crippen molar-refractivity contribution < 1.29 is 14.0 Å². The average molecular weight is 337 g/mol. The number of amides is 2. The van der Waals surface area contributed by atoms with Gasteiger partial charge in [-0.1, -0.05) is 12.1 Å². The van der Waals surface area contributed by atoms with E-state index >= 15 is 0 Å². The lowest BCUT2D eigenvalue weighted by atomic mass is 10.0. The topological polar surface area (TPSA) is 52.7 Å². The first-order chi connectivity index (χ1) is 11.1. The minimum absolute atomic E-state index is 0.0408. The second-order valence-corrected chi connectivity index (χ2v) is 6.81. The van der Waals surface area contributed by atoms with Gasteiger partial charge in [0.1, 0.15) is 11.9 Å². The number of thioether (sulfide) groups is 1. The monoisotopic (exact) mass is 337 g/mol. The van der Waals surface area contributed by atoms with Gasteiger partial charge in [0.05, 0.1) is 11.9 Å². The Labute approximate surface area is 139 Å². The van der Waals surface area contributed by atoms with Crippen molar-refractivity contribution in [1.82, 2.24) is 15.1 Å². The molecule has 7 heteroatoms. The Morgan fingerprint density at radius 1 is 1.35 bits per heavy atom. The van der Waals surface area contributed by atoms with E-state index in [-0.39, 0.29) is 23.7 Å². The van der Waals surface area contributed by atoms with Gasteiger partial charge in [-0.3, -0.25) is 9.59 Å². The third kappa shape index (κ3) is 3.35. The molecule has 2 aliphatic heterocycles. The fourth-order valence-electron chi connectivity index (χ4n) is 3.13. The number of rotatable bonds is 2. The van der Waals surface area contributed by atoms with Gasteiger partial charge in [0.25, 0.3) is 0 Å². The predicted molar refractivity (Wildman–Crippen MR) is 87.4 cm³/mol. The molecule has 124 valence electrons. The summed E-state index contributed by atoms with van der Waals surface area (Å²) in [6.45, 7) is 3.35. The highest BCUT2D eigenvalue weighted by atomic mass is 32.2. The Morgan fingerprint density at radius 3 is 2.91 bits per heavy atom. The number of hydrogen-bond acceptors (Lipinski definition) is 4. The standard InChI is InChI=1S/C16H20FN3O2S/c1-11(21)20-10-23-9-15(20)16(22)19-6-5-18-8-14(19)12-3-2-4-13(17)7-12/h2-4,7,14-15,18H,5-6,8-10H2,1H3. The first-order valence-corrected chi connectivity index (χ1v) is 8.85. The third-order valence-electron chi connectivity index (χ3n) is 4.33. The van der Waals surface area contributed by atoms with Crippen LogP contribution in [-0.4, -0.2) is 58.9 Å². The van der Waals surface area contributed by atoms with E-state index in [1.807, 2.05) is 6.07 Å². The third-order valence-corrected chi connectivity index (χ3v) is 5.34. The van der Waals surface area contributed by atoms with Crippen molar-refractivity contribution in [2.45, 2.75) is 19.0 Å². The van der Waals surface area contributed by atoms with Gasteiger partial charge in [0.2, 0.25) is 11.8 Å². The number of carbonyl (C=O) groups excluding carboxylic acids is 2. The summed E-state index contributed by atoms with van der Waals surface area (Å²) in [5.41, 5.74) is 0.783. The van der Waals surface area contributed by atoms with Crippen molar-refractivity contribution in [2.24, 2.45) is 0 Å². The van der Waals surface area contributed by atoms with Crippen LogP contribution in [0.25, 0.3) is 0 Å². The van der Waals surface area contributed by atoms with E-state index in [9.17, 15) is 14.0 Å². The lowest BCUT2D eigenvalue weighted by Gasteiger charge is -2.39. The van der Waals surface area contributed by atoms with E-state index in [0.717, 1.165) is 5.56 Å². The SMILES string of the molecule is CC(=O)N1CSCC1C(=O)N1CCNCC1c1cccc(F)c1. The van der Waals surface area contributed by atoms with Crippen LogP contribution >= 0.6 is 11.8 Å². The van der Waals surface area contributed by atoms with Crippen molar-refractivity contribution in [3.8, 4) is 0 Å². The molecule has 2 aliphatic rings. The maximum atomic E-state index is 13.5. The van der Waals surface area contributed by atoms with Gasteiger partial charge in [0.15, 0.2) is 0 Å². The molecule has 0 radical (unpaired) electrons. The maximum absolute atomic E-state index is 13.5. The second kappa shape index (κ2) is 6.88. The molecule has 0 bridgehead atoms. The molecule has 5 nitrogen and oxygen atoms in total. The smallest absolute Gasteiger partial charge is 0.246 e. The number of hydrogen-bond donors (Lipinski definition) is 1. The van der Waals surface area contributed by atoms with E-state index in [4.69, 9.17) is 0 Å². The first kappa shape index (κ1) is 16.3. The average Bonchev–Trinajstić information content (AvgIpc) is 3.04. The Hall–Kier alpha value is -1.60. The molecule has 3 rings (SSSR count). The normalized spacial score (nSPS) is 24.8. The summed E-state index contributed by atoms with van der Waals surface area (Å²) in [6, 6.07) is 5.77. The lowest BCUT2D eigenvalue weighted by Crippen LogP contribution is -2.55. The molecule has 2 atom stereocenters. The van der Waals surface area contributed by atoms with Crippen molar-refractivity contribution in [3.63, 3.8) is 0 Å². The molecule has 2 unspecified atom stereocenters. The molecule has 1 N–H and O–H groups in total. The zero-order chi connectivity index (χ0) is 16.4. The number of halogens is 1. The van der Waals surface area contributed by atoms with Crippen LogP contribution in [0.2, 0.25) is 0 Å². The quantitative estimate of drug-likeness (QED) is 0.882. The number of nitrogens with one attached hydrogen (secondary N) is 1. The highest BCUT2D eigenvalue weighted by molar-refractivity contribution is 7.99. The van der Waals surface area contributed by atoms with Gasteiger partial charge in [-0.05, 0) is 17.7 Å². The van der Waals surface area contributed by atoms with Gasteiger partial charge < -0.3 is 15.1 Å². The van der Waals surface area contributed by atoms with Gasteiger partial charge >= 0.3 is 0 Å². The molecule has 2 amide bonds. The van der Waals surface area contributed by atoms with Gasteiger partial charge in [-0.25, -0.2) is 4.39 Å². The maximum Gasteiger partial charge on any atom is 0.246 e. The molecule has 1 aromatic carbocycles. The van der Waals surface area contributed by atoms with Crippen LogP contribution in [0.5, 0.6) is 0 Å². The molecule has 0 aliphatic carbocycles. The van der Waals surface area contributed by atoms with E-state index in [1.54, 1.807) is 27.6 Å². The van der Waals surface area contributed by atoms with Crippen molar-refractivity contribution in [1.29, 1.82) is 0 Å². The Kier molecular flexibility index (Phi) is 4.87. The largest absolute Gasteiger partial charge is 0.331 e. The van der Waals surface area contributed by atoms with E-state index in [2.05, 4.69) is 5.32 Å². The summed E-state index contributed by atoms with van der Waals surface area (Å²) < 4.78 is 13.5. The summed E-state index contributed by atoms with van der Waals surface area (Å²) >= 11 is 1.59. The zero-order valence-electron chi connectivity index (χ0n) is 13.0. The molecule has 0 spiro atoms. The zero-order valence-corrected chi connectivity index (χ0v) is 13.8. The number of benzene rings is 1. The van der Waals surface area contributed by atoms with Crippen LogP contribution in [0.4, 0.5) is 4.39 Å². The Balaban J connectivity index is 1.83. The minimum Gasteiger partial charge on any atom is -0.331 e. The molecule has 0 saturated carbocycles. The summed E-state index contributed by atoms with van der Waals surface area (Å²) in [6.07, 6.45) is 0. The van der Waals surface area contributed by atoms with Gasteiger partial charge in [-0.2, -0.15) is 0 Å². The van der Waals surface area contributed by atoms with Crippen LogP contribution in [-0.2, 0) is 9.59 Å². The van der Waals surface area contributed by atoms with Gasteiger partial charge in [0, 0.05) is 32.3 Å². The Bertz CT molecular complexity index is 613. The summed E-state index contributed by atoms with van der Waals surface area (Å²) in [5, 5.41) is 3.26. The minimum atomic E-state index is -0.411. The second-order valence-electron chi connectivity index (χ2n) is 5.81. The summed E-state index contributed by atoms with van der Waals surface area (Å²) in [5.74, 6) is 0.759. The molecule has 2 saturated heterocycles. The number of nitrogens with zero attached hydrogens (tertiary/aromatic N) is 2. The molecule has 23 heavy (non-hydrogen) atoms. The highest BCUT2D eigenvalue weighted by Crippen LogP contribution is 2.28. The molecule has 2 fully saturated rings. The fraction of sp³-hybridized carbons (Fsp3) is 0.500. The summed E-state index contributed by atoms with van der Waals surface area (Å²) in [7, 11) is 0. The Morgan fingerprint density at radius 2 is 2.17 bits per heavy atom. The van der Waals surface area contributed by atoms with Crippen molar-refractivity contribution >= 4 is 23.6 Å². The molecule has 2 heterocycles. The van der Waals surface area contributed by atoms with Crippen molar-refractivity contribution in [3.05, 3.63) is 35.6 Å².